The number of hydrogen-bond acceptors (Lipinski definition) is 1. The van der Waals surface area contributed by atoms with Crippen LogP contribution in [0.1, 0.15) is 36.5 Å². The lowest BCUT2D eigenvalue weighted by atomic mass is 9.80. The Morgan fingerprint density at radius 2 is 2.24 bits per heavy atom. The van der Waals surface area contributed by atoms with E-state index in [1.807, 2.05) is 0 Å². The van der Waals surface area contributed by atoms with Crippen LogP contribution in [0.15, 0.2) is 22.7 Å². The Morgan fingerprint density at radius 3 is 2.76 bits per heavy atom. The Kier molecular flexibility index (Phi) is 4.10. The Balaban J connectivity index is 2.01. The number of benzene rings is 1. The first-order valence-corrected chi connectivity index (χ1v) is 7.01. The summed E-state index contributed by atoms with van der Waals surface area (Å²) in [5.74, 6) is 0.601. The van der Waals surface area contributed by atoms with Crippen molar-refractivity contribution in [3.8, 4) is 0 Å². The summed E-state index contributed by atoms with van der Waals surface area (Å²) in [5, 5.41) is 3.60. The molecule has 1 aromatic rings. The average molecular weight is 317 g/mol. The number of carbonyl (C=O) groups is 1. The highest BCUT2D eigenvalue weighted by Gasteiger charge is 2.25. The number of nitrogens with one attached hydrogen (secondary N) is 1. The molecule has 17 heavy (non-hydrogen) atoms. The van der Waals surface area contributed by atoms with E-state index in [0.717, 1.165) is 4.47 Å². The molecular weight excluding hydrogens is 302 g/mol. The second kappa shape index (κ2) is 5.40. The molecule has 0 radical (unpaired) electrons. The molecule has 1 fully saturated rings. The van der Waals surface area contributed by atoms with Crippen molar-refractivity contribution in [2.24, 2.45) is 5.92 Å². The Hall–Kier alpha value is -0.540. The lowest BCUT2D eigenvalue weighted by Crippen LogP contribution is -2.40. The minimum Gasteiger partial charge on any atom is -0.349 e. The highest BCUT2D eigenvalue weighted by atomic mass is 79.9. The third-order valence-corrected chi connectivity index (χ3v) is 4.63. The molecule has 0 heterocycles. The fraction of sp³-hybridized carbons (Fsp3) is 0.462. The molecule has 0 aliphatic heterocycles. The molecule has 1 aromatic carbocycles. The molecule has 1 N–H and O–H groups in total. The van der Waals surface area contributed by atoms with Crippen molar-refractivity contribution in [1.29, 1.82) is 0 Å². The Bertz CT molecular complexity index is 431. The number of halogens is 2. The van der Waals surface area contributed by atoms with Crippen LogP contribution < -0.4 is 5.32 Å². The average Bonchev–Trinajstić information content (AvgIpc) is 2.19. The normalized spacial score (nSPS) is 17.4. The fourth-order valence-corrected chi connectivity index (χ4v) is 2.41. The van der Waals surface area contributed by atoms with Gasteiger partial charge in [0, 0.05) is 16.1 Å². The van der Waals surface area contributed by atoms with Gasteiger partial charge in [-0.05, 0) is 59.8 Å². The van der Waals surface area contributed by atoms with Crippen LogP contribution in [0.3, 0.4) is 0 Å². The quantitative estimate of drug-likeness (QED) is 0.896. The van der Waals surface area contributed by atoms with E-state index in [-0.39, 0.29) is 11.9 Å². The maximum absolute atomic E-state index is 12.0. The molecule has 1 amide bonds. The van der Waals surface area contributed by atoms with Crippen molar-refractivity contribution >= 4 is 33.4 Å². The predicted octanol–water partition coefficient (Wildman–Crippen LogP) is 4.02. The number of carbonyl (C=O) groups excluding carboxylic acids is 1. The van der Waals surface area contributed by atoms with E-state index in [2.05, 4.69) is 28.2 Å². The first kappa shape index (κ1) is 12.9. The van der Waals surface area contributed by atoms with Crippen molar-refractivity contribution in [1.82, 2.24) is 5.32 Å². The standard InChI is InChI=1S/C13H15BrClNO/c1-8(9-3-2-4-9)16-13(17)10-5-6-11(14)12(15)7-10/h5-9H,2-4H2,1H3,(H,16,17). The van der Waals surface area contributed by atoms with Gasteiger partial charge < -0.3 is 5.32 Å². The zero-order valence-corrected chi connectivity index (χ0v) is 12.0. The SMILES string of the molecule is CC(NC(=O)c1ccc(Br)c(Cl)c1)C1CCC1. The number of hydrogen-bond donors (Lipinski definition) is 1. The molecule has 2 nitrogen and oxygen atoms in total. The molecule has 0 bridgehead atoms. The molecule has 1 saturated carbocycles. The molecule has 1 aliphatic carbocycles. The molecular formula is C13H15BrClNO. The maximum atomic E-state index is 12.0. The topological polar surface area (TPSA) is 29.1 Å². The summed E-state index contributed by atoms with van der Waals surface area (Å²) < 4.78 is 0.808. The monoisotopic (exact) mass is 315 g/mol. The summed E-state index contributed by atoms with van der Waals surface area (Å²) in [4.78, 5) is 12.0. The van der Waals surface area contributed by atoms with Crippen LogP contribution in [-0.2, 0) is 0 Å². The number of rotatable bonds is 3. The largest absolute Gasteiger partial charge is 0.349 e. The van der Waals surface area contributed by atoms with E-state index in [4.69, 9.17) is 11.6 Å². The van der Waals surface area contributed by atoms with Crippen LogP contribution in [0, 0.1) is 5.92 Å². The van der Waals surface area contributed by atoms with Crippen molar-refractivity contribution in [3.63, 3.8) is 0 Å². The summed E-state index contributed by atoms with van der Waals surface area (Å²) in [5.41, 5.74) is 0.615. The summed E-state index contributed by atoms with van der Waals surface area (Å²) in [6.45, 7) is 2.07. The van der Waals surface area contributed by atoms with Gasteiger partial charge in [-0.25, -0.2) is 0 Å². The predicted molar refractivity (Wildman–Crippen MR) is 73.4 cm³/mol. The Labute approximate surface area is 115 Å². The molecule has 0 aromatic heterocycles. The van der Waals surface area contributed by atoms with Crippen molar-refractivity contribution in [3.05, 3.63) is 33.3 Å². The molecule has 92 valence electrons. The van der Waals surface area contributed by atoms with E-state index >= 15 is 0 Å². The Morgan fingerprint density at radius 1 is 1.53 bits per heavy atom. The van der Waals surface area contributed by atoms with E-state index in [9.17, 15) is 4.79 Å². The summed E-state index contributed by atoms with van der Waals surface area (Å²) in [6, 6.07) is 5.51. The van der Waals surface area contributed by atoms with Gasteiger partial charge in [-0.3, -0.25) is 4.79 Å². The minimum absolute atomic E-state index is 0.0428. The van der Waals surface area contributed by atoms with Gasteiger partial charge in [-0.2, -0.15) is 0 Å². The molecule has 1 aliphatic rings. The van der Waals surface area contributed by atoms with E-state index in [1.165, 1.54) is 19.3 Å². The zero-order valence-electron chi connectivity index (χ0n) is 9.67. The zero-order chi connectivity index (χ0) is 12.4. The van der Waals surface area contributed by atoms with Gasteiger partial charge in [-0.15, -0.1) is 0 Å². The van der Waals surface area contributed by atoms with Crippen LogP contribution in [-0.4, -0.2) is 11.9 Å². The molecule has 4 heteroatoms. The van der Waals surface area contributed by atoms with Gasteiger partial charge in [0.2, 0.25) is 0 Å². The van der Waals surface area contributed by atoms with E-state index in [0.29, 0.717) is 16.5 Å². The van der Waals surface area contributed by atoms with E-state index < -0.39 is 0 Å². The molecule has 2 rings (SSSR count). The third-order valence-electron chi connectivity index (χ3n) is 3.40. The van der Waals surface area contributed by atoms with Gasteiger partial charge >= 0.3 is 0 Å². The van der Waals surface area contributed by atoms with Gasteiger partial charge in [0.05, 0.1) is 5.02 Å². The smallest absolute Gasteiger partial charge is 0.251 e. The fourth-order valence-electron chi connectivity index (χ4n) is 1.99. The maximum Gasteiger partial charge on any atom is 0.251 e. The minimum atomic E-state index is -0.0428. The first-order valence-electron chi connectivity index (χ1n) is 5.84. The molecule has 0 saturated heterocycles. The first-order chi connectivity index (χ1) is 8.08. The van der Waals surface area contributed by atoms with Crippen molar-refractivity contribution < 1.29 is 4.79 Å². The second-order valence-electron chi connectivity index (χ2n) is 4.58. The third kappa shape index (κ3) is 3.02. The lowest BCUT2D eigenvalue weighted by Gasteiger charge is -2.31. The van der Waals surface area contributed by atoms with Crippen LogP contribution in [0.4, 0.5) is 0 Å². The van der Waals surface area contributed by atoms with Gasteiger partial charge in [0.25, 0.3) is 5.91 Å². The summed E-state index contributed by atoms with van der Waals surface area (Å²) in [6.07, 6.45) is 3.74. The number of amides is 1. The van der Waals surface area contributed by atoms with Gasteiger partial charge in [-0.1, -0.05) is 18.0 Å². The van der Waals surface area contributed by atoms with Crippen molar-refractivity contribution in [2.75, 3.05) is 0 Å². The highest BCUT2D eigenvalue weighted by Crippen LogP contribution is 2.29. The highest BCUT2D eigenvalue weighted by molar-refractivity contribution is 9.10. The van der Waals surface area contributed by atoms with E-state index in [1.54, 1.807) is 18.2 Å². The molecule has 1 unspecified atom stereocenters. The second-order valence-corrected chi connectivity index (χ2v) is 5.84. The van der Waals surface area contributed by atoms with Gasteiger partial charge in [0.1, 0.15) is 0 Å². The van der Waals surface area contributed by atoms with Crippen LogP contribution in [0.2, 0.25) is 5.02 Å². The summed E-state index contributed by atoms with van der Waals surface area (Å²) >= 11 is 9.28. The van der Waals surface area contributed by atoms with Crippen molar-refractivity contribution in [2.45, 2.75) is 32.2 Å². The van der Waals surface area contributed by atoms with Crippen LogP contribution in [0.5, 0.6) is 0 Å². The molecule has 1 atom stereocenters. The van der Waals surface area contributed by atoms with Crippen LogP contribution in [0.25, 0.3) is 0 Å². The van der Waals surface area contributed by atoms with Crippen LogP contribution >= 0.6 is 27.5 Å². The summed E-state index contributed by atoms with van der Waals surface area (Å²) in [7, 11) is 0. The lowest BCUT2D eigenvalue weighted by molar-refractivity contribution is 0.0909. The van der Waals surface area contributed by atoms with Gasteiger partial charge in [0.15, 0.2) is 0 Å². The molecule has 0 spiro atoms.